The first kappa shape index (κ1) is 15.3. The number of aromatic amines is 1. The first-order valence-electron chi connectivity index (χ1n) is 7.15. The van der Waals surface area contributed by atoms with Crippen LogP contribution in [0.4, 0.5) is 0 Å². The van der Waals surface area contributed by atoms with Crippen molar-refractivity contribution in [2.75, 3.05) is 5.75 Å². The molecule has 23 heavy (non-hydrogen) atoms. The second kappa shape index (κ2) is 7.11. The summed E-state index contributed by atoms with van der Waals surface area (Å²) in [5.41, 5.74) is 2.16. The van der Waals surface area contributed by atoms with Crippen LogP contribution < -0.4 is 10.9 Å². The van der Waals surface area contributed by atoms with Crippen LogP contribution in [0.3, 0.4) is 0 Å². The minimum atomic E-state index is -0.274. The Hall–Kier alpha value is -2.60. The standard InChI is InChI=1S/C17H15N3O2S/c21-15(18-10-12-6-2-1-3-7-12)11-23-17-16(22)19-13-8-4-5-9-14(13)20-17/h1-9H,10-11H2,(H,18,21)(H,19,22). The number of fused-ring (bicyclic) bond motifs is 1. The van der Waals surface area contributed by atoms with Crippen molar-refractivity contribution < 1.29 is 4.79 Å². The lowest BCUT2D eigenvalue weighted by atomic mass is 10.2. The summed E-state index contributed by atoms with van der Waals surface area (Å²) in [5.74, 6) is 0.0227. The van der Waals surface area contributed by atoms with Crippen molar-refractivity contribution in [3.05, 3.63) is 70.5 Å². The van der Waals surface area contributed by atoms with Gasteiger partial charge in [-0.05, 0) is 17.7 Å². The van der Waals surface area contributed by atoms with Crippen LogP contribution in [0.2, 0.25) is 0 Å². The molecule has 0 aliphatic rings. The largest absolute Gasteiger partial charge is 0.351 e. The third-order valence-corrected chi connectivity index (χ3v) is 4.20. The average Bonchev–Trinajstić information content (AvgIpc) is 2.59. The van der Waals surface area contributed by atoms with E-state index < -0.39 is 0 Å². The van der Waals surface area contributed by atoms with Gasteiger partial charge in [0.25, 0.3) is 5.56 Å². The van der Waals surface area contributed by atoms with Gasteiger partial charge in [0.05, 0.1) is 16.8 Å². The molecule has 3 aromatic rings. The van der Waals surface area contributed by atoms with Gasteiger partial charge in [0.15, 0.2) is 5.03 Å². The Morgan fingerprint density at radius 2 is 1.83 bits per heavy atom. The SMILES string of the molecule is O=C(CSc1nc2ccccc2[nH]c1=O)NCc1ccccc1. The van der Waals surface area contributed by atoms with Gasteiger partial charge in [-0.1, -0.05) is 54.2 Å². The van der Waals surface area contributed by atoms with Crippen LogP contribution in [0, 0.1) is 0 Å². The molecule has 116 valence electrons. The van der Waals surface area contributed by atoms with Crippen LogP contribution in [-0.2, 0) is 11.3 Å². The molecular formula is C17H15N3O2S. The van der Waals surface area contributed by atoms with Gasteiger partial charge in [-0.2, -0.15) is 0 Å². The van der Waals surface area contributed by atoms with Crippen molar-refractivity contribution in [1.29, 1.82) is 0 Å². The fraction of sp³-hybridized carbons (Fsp3) is 0.118. The van der Waals surface area contributed by atoms with Crippen molar-refractivity contribution in [2.24, 2.45) is 0 Å². The average molecular weight is 325 g/mol. The van der Waals surface area contributed by atoms with Crippen LogP contribution in [0.5, 0.6) is 0 Å². The highest BCUT2D eigenvalue weighted by molar-refractivity contribution is 7.99. The molecule has 1 heterocycles. The van der Waals surface area contributed by atoms with E-state index in [1.54, 1.807) is 6.07 Å². The van der Waals surface area contributed by atoms with E-state index in [2.05, 4.69) is 15.3 Å². The number of nitrogens with zero attached hydrogens (tertiary/aromatic N) is 1. The Labute approximate surface area is 137 Å². The Morgan fingerprint density at radius 3 is 2.65 bits per heavy atom. The highest BCUT2D eigenvalue weighted by atomic mass is 32.2. The van der Waals surface area contributed by atoms with Crippen LogP contribution in [0.15, 0.2) is 64.4 Å². The first-order chi connectivity index (χ1) is 11.2. The molecule has 0 fully saturated rings. The quantitative estimate of drug-likeness (QED) is 0.706. The van der Waals surface area contributed by atoms with E-state index in [0.717, 1.165) is 17.3 Å². The zero-order valence-corrected chi connectivity index (χ0v) is 13.1. The van der Waals surface area contributed by atoms with Crippen molar-refractivity contribution in [2.45, 2.75) is 11.6 Å². The van der Waals surface area contributed by atoms with Gasteiger partial charge in [0.1, 0.15) is 0 Å². The van der Waals surface area contributed by atoms with Gasteiger partial charge in [-0.15, -0.1) is 0 Å². The van der Waals surface area contributed by atoms with Crippen molar-refractivity contribution in [1.82, 2.24) is 15.3 Å². The van der Waals surface area contributed by atoms with Crippen molar-refractivity contribution in [3.8, 4) is 0 Å². The predicted octanol–water partition coefficient (Wildman–Crippen LogP) is 2.33. The Balaban J connectivity index is 1.60. The zero-order valence-electron chi connectivity index (χ0n) is 12.3. The molecule has 0 spiro atoms. The summed E-state index contributed by atoms with van der Waals surface area (Å²) in [6.45, 7) is 0.474. The van der Waals surface area contributed by atoms with Gasteiger partial charge < -0.3 is 10.3 Å². The summed E-state index contributed by atoms with van der Waals surface area (Å²) in [6, 6.07) is 17.0. The lowest BCUT2D eigenvalue weighted by molar-refractivity contribution is -0.118. The van der Waals surface area contributed by atoms with Crippen LogP contribution in [0.25, 0.3) is 11.0 Å². The van der Waals surface area contributed by atoms with E-state index in [4.69, 9.17) is 0 Å². The molecule has 6 heteroatoms. The molecule has 0 aliphatic carbocycles. The number of carbonyl (C=O) groups is 1. The molecule has 1 aromatic heterocycles. The maximum absolute atomic E-state index is 12.0. The molecule has 0 bridgehead atoms. The number of carbonyl (C=O) groups excluding carboxylic acids is 1. The predicted molar refractivity (Wildman–Crippen MR) is 91.4 cm³/mol. The fourth-order valence-corrected chi connectivity index (χ4v) is 2.81. The number of H-pyrrole nitrogens is 1. The second-order valence-corrected chi connectivity index (χ2v) is 5.90. The number of para-hydroxylation sites is 2. The Morgan fingerprint density at radius 1 is 1.09 bits per heavy atom. The summed E-state index contributed by atoms with van der Waals surface area (Å²) >= 11 is 1.14. The molecule has 0 unspecified atom stereocenters. The highest BCUT2D eigenvalue weighted by Gasteiger charge is 2.08. The van der Waals surface area contributed by atoms with Gasteiger partial charge in [-0.3, -0.25) is 9.59 Å². The lowest BCUT2D eigenvalue weighted by Crippen LogP contribution is -2.25. The lowest BCUT2D eigenvalue weighted by Gasteiger charge is -2.05. The minimum absolute atomic E-state index is 0.131. The number of hydrogen-bond acceptors (Lipinski definition) is 4. The Bertz CT molecular complexity index is 878. The Kier molecular flexibility index (Phi) is 4.73. The van der Waals surface area contributed by atoms with Gasteiger partial charge in [0.2, 0.25) is 5.91 Å². The summed E-state index contributed by atoms with van der Waals surface area (Å²) < 4.78 is 0. The number of hydrogen-bond donors (Lipinski definition) is 2. The number of benzene rings is 2. The maximum Gasteiger partial charge on any atom is 0.280 e. The van der Waals surface area contributed by atoms with Gasteiger partial charge in [0, 0.05) is 6.54 Å². The third kappa shape index (κ3) is 3.98. The summed E-state index contributed by atoms with van der Waals surface area (Å²) in [4.78, 5) is 30.9. The number of aromatic nitrogens is 2. The van der Waals surface area contributed by atoms with Crippen LogP contribution in [-0.4, -0.2) is 21.6 Å². The molecule has 0 saturated heterocycles. The number of rotatable bonds is 5. The second-order valence-electron chi connectivity index (χ2n) is 4.94. The van der Waals surface area contributed by atoms with E-state index in [0.29, 0.717) is 22.6 Å². The molecule has 2 N–H and O–H groups in total. The number of thioether (sulfide) groups is 1. The zero-order chi connectivity index (χ0) is 16.1. The third-order valence-electron chi connectivity index (χ3n) is 3.24. The van der Waals surface area contributed by atoms with Crippen molar-refractivity contribution in [3.63, 3.8) is 0 Å². The maximum atomic E-state index is 12.0. The molecular weight excluding hydrogens is 310 g/mol. The molecule has 0 atom stereocenters. The topological polar surface area (TPSA) is 74.8 Å². The van der Waals surface area contributed by atoms with E-state index in [1.165, 1.54) is 0 Å². The summed E-state index contributed by atoms with van der Waals surface area (Å²) in [5, 5.41) is 3.13. The number of amides is 1. The van der Waals surface area contributed by atoms with E-state index in [1.807, 2.05) is 48.5 Å². The summed E-state index contributed by atoms with van der Waals surface area (Å²) in [7, 11) is 0. The molecule has 5 nitrogen and oxygen atoms in total. The molecule has 0 radical (unpaired) electrons. The fourth-order valence-electron chi connectivity index (χ4n) is 2.09. The van der Waals surface area contributed by atoms with Crippen molar-refractivity contribution >= 4 is 28.7 Å². The van der Waals surface area contributed by atoms with Crippen LogP contribution in [0.1, 0.15) is 5.56 Å². The first-order valence-corrected chi connectivity index (χ1v) is 8.13. The molecule has 3 rings (SSSR count). The van der Waals surface area contributed by atoms with Crippen LogP contribution >= 0.6 is 11.8 Å². The normalized spacial score (nSPS) is 10.6. The minimum Gasteiger partial charge on any atom is -0.351 e. The number of nitrogens with one attached hydrogen (secondary N) is 2. The van der Waals surface area contributed by atoms with Gasteiger partial charge in [-0.25, -0.2) is 4.98 Å². The molecule has 2 aromatic carbocycles. The van der Waals surface area contributed by atoms with E-state index >= 15 is 0 Å². The highest BCUT2D eigenvalue weighted by Crippen LogP contribution is 2.14. The van der Waals surface area contributed by atoms with E-state index in [9.17, 15) is 9.59 Å². The molecule has 1 amide bonds. The molecule has 0 saturated carbocycles. The monoisotopic (exact) mass is 325 g/mol. The summed E-state index contributed by atoms with van der Waals surface area (Å²) in [6.07, 6.45) is 0. The van der Waals surface area contributed by atoms with E-state index in [-0.39, 0.29) is 17.2 Å². The smallest absolute Gasteiger partial charge is 0.280 e. The molecule has 0 aliphatic heterocycles. The van der Waals surface area contributed by atoms with Gasteiger partial charge >= 0.3 is 0 Å².